The third-order valence-electron chi connectivity index (χ3n) is 2.89. The van der Waals surface area contributed by atoms with Crippen molar-refractivity contribution < 1.29 is 4.79 Å². The van der Waals surface area contributed by atoms with Gasteiger partial charge < -0.3 is 5.32 Å². The molecule has 1 fully saturated rings. The molecule has 1 N–H and O–H groups in total. The van der Waals surface area contributed by atoms with Crippen molar-refractivity contribution in [1.82, 2.24) is 5.32 Å². The molecule has 1 aliphatic heterocycles. The fourth-order valence-electron chi connectivity index (χ4n) is 1.98. The van der Waals surface area contributed by atoms with Crippen LogP contribution < -0.4 is 10.2 Å². The second kappa shape index (κ2) is 4.22. The van der Waals surface area contributed by atoms with Crippen LogP contribution in [0, 0.1) is 0 Å². The first-order valence-electron chi connectivity index (χ1n) is 5.52. The highest BCUT2D eigenvalue weighted by molar-refractivity contribution is 7.08. The minimum Gasteiger partial charge on any atom is -0.336 e. The molecule has 1 aromatic carbocycles. The quantitative estimate of drug-likeness (QED) is 0.865. The molecule has 4 heteroatoms. The second-order valence-electron chi connectivity index (χ2n) is 3.94. The molecule has 0 aliphatic carbocycles. The normalized spacial score (nSPS) is 15.1. The summed E-state index contributed by atoms with van der Waals surface area (Å²) in [7, 11) is 0. The minimum atomic E-state index is -0.00622. The van der Waals surface area contributed by atoms with E-state index < -0.39 is 0 Å². The second-order valence-corrected chi connectivity index (χ2v) is 4.72. The molecule has 0 atom stereocenters. The summed E-state index contributed by atoms with van der Waals surface area (Å²) in [6, 6.07) is 10.2. The molecule has 1 aliphatic rings. The van der Waals surface area contributed by atoms with Crippen molar-refractivity contribution in [2.24, 2.45) is 0 Å². The number of hydrogen-bond donors (Lipinski definition) is 1. The van der Waals surface area contributed by atoms with Gasteiger partial charge in [0.25, 0.3) is 0 Å². The third kappa shape index (κ3) is 1.91. The largest absolute Gasteiger partial charge is 0.336 e. The molecule has 0 bridgehead atoms. The average Bonchev–Trinajstić information content (AvgIpc) is 3.00. The van der Waals surface area contributed by atoms with Crippen molar-refractivity contribution in [3.8, 4) is 11.1 Å². The van der Waals surface area contributed by atoms with Gasteiger partial charge in [0, 0.05) is 18.8 Å². The van der Waals surface area contributed by atoms with E-state index in [0.29, 0.717) is 0 Å². The summed E-state index contributed by atoms with van der Waals surface area (Å²) >= 11 is 1.69. The van der Waals surface area contributed by atoms with Crippen LogP contribution >= 0.6 is 11.3 Å². The van der Waals surface area contributed by atoms with Crippen LogP contribution in [-0.2, 0) is 0 Å². The van der Waals surface area contributed by atoms with Gasteiger partial charge in [0.1, 0.15) is 0 Å². The molecule has 1 saturated heterocycles. The number of anilines is 1. The van der Waals surface area contributed by atoms with Gasteiger partial charge in [0.15, 0.2) is 0 Å². The Labute approximate surface area is 104 Å². The Balaban J connectivity index is 1.87. The third-order valence-corrected chi connectivity index (χ3v) is 3.57. The monoisotopic (exact) mass is 244 g/mol. The minimum absolute atomic E-state index is 0.00622. The summed E-state index contributed by atoms with van der Waals surface area (Å²) in [5, 5.41) is 6.99. The van der Waals surface area contributed by atoms with E-state index in [1.165, 1.54) is 11.1 Å². The maximum absolute atomic E-state index is 11.5. The van der Waals surface area contributed by atoms with Crippen molar-refractivity contribution >= 4 is 23.1 Å². The molecule has 86 valence electrons. The van der Waals surface area contributed by atoms with E-state index in [1.54, 1.807) is 16.2 Å². The molecule has 2 amide bonds. The Morgan fingerprint density at radius 1 is 1.12 bits per heavy atom. The molecular formula is C13H12N2OS. The topological polar surface area (TPSA) is 32.3 Å². The van der Waals surface area contributed by atoms with E-state index in [9.17, 15) is 4.79 Å². The Morgan fingerprint density at radius 2 is 1.94 bits per heavy atom. The highest BCUT2D eigenvalue weighted by Crippen LogP contribution is 2.25. The molecule has 3 nitrogen and oxygen atoms in total. The van der Waals surface area contributed by atoms with Crippen molar-refractivity contribution in [2.75, 3.05) is 18.0 Å². The van der Waals surface area contributed by atoms with E-state index in [0.717, 1.165) is 18.8 Å². The average molecular weight is 244 g/mol. The first-order valence-corrected chi connectivity index (χ1v) is 6.47. The lowest BCUT2D eigenvalue weighted by molar-refractivity contribution is 0.252. The standard InChI is InChI=1S/C13H12N2OS/c16-13-14-6-7-15(13)12-3-1-10(2-4-12)11-5-8-17-9-11/h1-5,8-9H,6-7H2,(H,14,16). The molecule has 0 unspecified atom stereocenters. The van der Waals surface area contributed by atoms with Crippen LogP contribution in [0.3, 0.4) is 0 Å². The molecule has 2 aromatic rings. The van der Waals surface area contributed by atoms with Gasteiger partial charge in [-0.15, -0.1) is 0 Å². The first-order chi connectivity index (χ1) is 8.34. The lowest BCUT2D eigenvalue weighted by Gasteiger charge is -2.14. The number of hydrogen-bond acceptors (Lipinski definition) is 2. The lowest BCUT2D eigenvalue weighted by Crippen LogP contribution is -2.27. The Hall–Kier alpha value is -1.81. The molecular weight excluding hydrogens is 232 g/mol. The zero-order valence-electron chi connectivity index (χ0n) is 9.22. The molecule has 3 rings (SSSR count). The van der Waals surface area contributed by atoms with E-state index in [4.69, 9.17) is 0 Å². The number of nitrogens with one attached hydrogen (secondary N) is 1. The van der Waals surface area contributed by atoms with Crippen LogP contribution in [0.1, 0.15) is 0 Å². The van der Waals surface area contributed by atoms with Crippen LogP contribution in [0.25, 0.3) is 11.1 Å². The van der Waals surface area contributed by atoms with Crippen LogP contribution in [0.15, 0.2) is 41.1 Å². The van der Waals surface area contributed by atoms with Crippen molar-refractivity contribution in [3.63, 3.8) is 0 Å². The van der Waals surface area contributed by atoms with Gasteiger partial charge in [0.2, 0.25) is 0 Å². The first kappa shape index (κ1) is 10.4. The van der Waals surface area contributed by atoms with E-state index in [-0.39, 0.29) is 6.03 Å². The molecule has 1 aromatic heterocycles. The summed E-state index contributed by atoms with van der Waals surface area (Å²) in [4.78, 5) is 13.3. The summed E-state index contributed by atoms with van der Waals surface area (Å²) < 4.78 is 0. The highest BCUT2D eigenvalue weighted by Gasteiger charge is 2.20. The molecule has 0 spiro atoms. The summed E-state index contributed by atoms with van der Waals surface area (Å²) in [5.41, 5.74) is 3.38. The van der Waals surface area contributed by atoms with Crippen molar-refractivity contribution in [1.29, 1.82) is 0 Å². The van der Waals surface area contributed by atoms with Gasteiger partial charge in [0.05, 0.1) is 0 Å². The lowest BCUT2D eigenvalue weighted by atomic mass is 10.1. The smallest absolute Gasteiger partial charge is 0.321 e. The van der Waals surface area contributed by atoms with Gasteiger partial charge in [-0.3, -0.25) is 4.90 Å². The fraction of sp³-hybridized carbons (Fsp3) is 0.154. The predicted octanol–water partition coefficient (Wildman–Crippen LogP) is 2.94. The number of rotatable bonds is 2. The van der Waals surface area contributed by atoms with E-state index >= 15 is 0 Å². The number of nitrogens with zero attached hydrogens (tertiary/aromatic N) is 1. The van der Waals surface area contributed by atoms with Gasteiger partial charge in [-0.25, -0.2) is 4.79 Å². The van der Waals surface area contributed by atoms with Crippen molar-refractivity contribution in [3.05, 3.63) is 41.1 Å². The zero-order chi connectivity index (χ0) is 11.7. The molecule has 0 radical (unpaired) electrons. The fourth-order valence-corrected chi connectivity index (χ4v) is 2.65. The molecule has 0 saturated carbocycles. The summed E-state index contributed by atoms with van der Waals surface area (Å²) in [5.74, 6) is 0. The van der Waals surface area contributed by atoms with Crippen LogP contribution in [0.4, 0.5) is 10.5 Å². The maximum atomic E-state index is 11.5. The van der Waals surface area contributed by atoms with E-state index in [2.05, 4.69) is 34.3 Å². The Bertz CT molecular complexity index is 519. The summed E-state index contributed by atoms with van der Waals surface area (Å²) in [6.45, 7) is 1.47. The van der Waals surface area contributed by atoms with Gasteiger partial charge in [-0.1, -0.05) is 12.1 Å². The number of amides is 2. The number of carbonyl (C=O) groups is 1. The SMILES string of the molecule is O=C1NCCN1c1ccc(-c2ccsc2)cc1. The van der Waals surface area contributed by atoms with Crippen molar-refractivity contribution in [2.45, 2.75) is 0 Å². The number of benzene rings is 1. The maximum Gasteiger partial charge on any atom is 0.321 e. The number of urea groups is 1. The number of carbonyl (C=O) groups excluding carboxylic acids is 1. The van der Waals surface area contributed by atoms with E-state index in [1.807, 2.05) is 12.1 Å². The molecule has 2 heterocycles. The summed E-state index contributed by atoms with van der Waals surface area (Å²) in [6.07, 6.45) is 0. The highest BCUT2D eigenvalue weighted by atomic mass is 32.1. The van der Waals surface area contributed by atoms with Crippen LogP contribution in [0.2, 0.25) is 0 Å². The van der Waals surface area contributed by atoms with Gasteiger partial charge in [-0.05, 0) is 40.1 Å². The Morgan fingerprint density at radius 3 is 2.53 bits per heavy atom. The number of thiophene rings is 1. The molecule has 17 heavy (non-hydrogen) atoms. The van der Waals surface area contributed by atoms with Crippen LogP contribution in [0.5, 0.6) is 0 Å². The van der Waals surface area contributed by atoms with Crippen LogP contribution in [-0.4, -0.2) is 19.1 Å². The van der Waals surface area contributed by atoms with Gasteiger partial charge in [-0.2, -0.15) is 11.3 Å². The zero-order valence-corrected chi connectivity index (χ0v) is 10.0. The van der Waals surface area contributed by atoms with Gasteiger partial charge >= 0.3 is 6.03 Å². The predicted molar refractivity (Wildman–Crippen MR) is 70.5 cm³/mol. The Kier molecular flexibility index (Phi) is 2.57.